The van der Waals surface area contributed by atoms with Crippen LogP contribution < -0.4 is 0 Å². The van der Waals surface area contributed by atoms with Crippen molar-refractivity contribution in [3.63, 3.8) is 0 Å². The fourth-order valence-corrected chi connectivity index (χ4v) is 7.54. The molecule has 1 heteroatoms. The van der Waals surface area contributed by atoms with Crippen LogP contribution in [0, 0.1) is 5.41 Å². The van der Waals surface area contributed by atoms with Crippen LogP contribution >= 0.6 is 0 Å². The molecule has 0 saturated heterocycles. The van der Waals surface area contributed by atoms with Gasteiger partial charge in [0, 0.05) is 6.61 Å². The average Bonchev–Trinajstić information content (AvgIpc) is 3.07. The number of rotatable bonds is 41. The Morgan fingerprint density at radius 1 is 0.261 bits per heavy atom. The quantitative estimate of drug-likeness (QED) is 0.0654. The molecule has 0 spiro atoms. The highest BCUT2D eigenvalue weighted by Crippen LogP contribution is 2.31. The number of aliphatic hydroxyl groups is 1. The highest BCUT2D eigenvalue weighted by molar-refractivity contribution is 4.73. The molecular weight excluding hydrogens is 556 g/mol. The minimum absolute atomic E-state index is 0.170. The summed E-state index contributed by atoms with van der Waals surface area (Å²) in [5.41, 5.74) is 0.170. The van der Waals surface area contributed by atoms with Crippen LogP contribution in [-0.4, -0.2) is 11.7 Å². The summed E-state index contributed by atoms with van der Waals surface area (Å²) in [6, 6.07) is 0. The van der Waals surface area contributed by atoms with Crippen molar-refractivity contribution < 1.29 is 5.11 Å². The fourth-order valence-electron chi connectivity index (χ4n) is 7.54. The van der Waals surface area contributed by atoms with Crippen LogP contribution in [0.2, 0.25) is 0 Å². The molecule has 278 valence electrons. The van der Waals surface area contributed by atoms with E-state index in [1.807, 2.05) is 0 Å². The van der Waals surface area contributed by atoms with Crippen LogP contribution in [0.1, 0.15) is 278 Å². The summed E-state index contributed by atoms with van der Waals surface area (Å²) in [6.07, 6.45) is 57.2. The van der Waals surface area contributed by atoms with E-state index in [2.05, 4.69) is 20.8 Å². The molecule has 1 atom stereocenters. The van der Waals surface area contributed by atoms with Gasteiger partial charge >= 0.3 is 0 Å². The fraction of sp³-hybridized carbons (Fsp3) is 1.00. The summed E-state index contributed by atoms with van der Waals surface area (Å²) in [5, 5.41) is 10.1. The lowest BCUT2D eigenvalue weighted by Gasteiger charge is -2.27. The van der Waals surface area contributed by atoms with Gasteiger partial charge in [0.25, 0.3) is 0 Å². The van der Waals surface area contributed by atoms with Gasteiger partial charge in [-0.3, -0.25) is 0 Å². The maximum atomic E-state index is 10.1. The third kappa shape index (κ3) is 36.8. The molecule has 0 unspecified atom stereocenters. The summed E-state index contributed by atoms with van der Waals surface area (Å²) < 4.78 is 0. The predicted molar refractivity (Wildman–Crippen MR) is 211 cm³/mol. The van der Waals surface area contributed by atoms with Crippen molar-refractivity contribution in [1.82, 2.24) is 0 Å². The summed E-state index contributed by atoms with van der Waals surface area (Å²) in [6.45, 7) is 7.33. The van der Waals surface area contributed by atoms with Gasteiger partial charge in [-0.1, -0.05) is 265 Å². The SMILES string of the molecule is CCCCCCCCCCCCCCCCCCCCCC[C@@](C)(CO)CCCCCCCCCCCCCCCCCCCC. The van der Waals surface area contributed by atoms with E-state index in [0.717, 1.165) is 0 Å². The lowest BCUT2D eigenvalue weighted by atomic mass is 9.80. The average molecular weight is 649 g/mol. The summed E-state index contributed by atoms with van der Waals surface area (Å²) in [7, 11) is 0. The lowest BCUT2D eigenvalue weighted by molar-refractivity contribution is 0.116. The van der Waals surface area contributed by atoms with Crippen molar-refractivity contribution >= 4 is 0 Å². The molecule has 0 aliphatic heterocycles. The van der Waals surface area contributed by atoms with Gasteiger partial charge in [0.2, 0.25) is 0 Å². The van der Waals surface area contributed by atoms with Gasteiger partial charge in [-0.15, -0.1) is 0 Å². The number of aliphatic hydroxyl groups excluding tert-OH is 1. The Labute approximate surface area is 294 Å². The molecule has 46 heavy (non-hydrogen) atoms. The molecular formula is C45H92O. The zero-order valence-corrected chi connectivity index (χ0v) is 32.9. The Balaban J connectivity index is 3.35. The van der Waals surface area contributed by atoms with Gasteiger partial charge in [0.1, 0.15) is 0 Å². The highest BCUT2D eigenvalue weighted by atomic mass is 16.3. The van der Waals surface area contributed by atoms with Gasteiger partial charge in [-0.05, 0) is 18.3 Å². The molecule has 0 saturated carbocycles. The zero-order valence-electron chi connectivity index (χ0n) is 32.9. The molecule has 1 nitrogen and oxygen atoms in total. The van der Waals surface area contributed by atoms with Crippen molar-refractivity contribution in [2.45, 2.75) is 278 Å². The molecule has 0 aliphatic rings. The van der Waals surface area contributed by atoms with Gasteiger partial charge in [0.05, 0.1) is 0 Å². The number of hydrogen-bond acceptors (Lipinski definition) is 1. The summed E-state index contributed by atoms with van der Waals surface area (Å²) in [5.74, 6) is 0. The topological polar surface area (TPSA) is 20.2 Å². The highest BCUT2D eigenvalue weighted by Gasteiger charge is 2.22. The van der Waals surface area contributed by atoms with Crippen LogP contribution in [0.4, 0.5) is 0 Å². The lowest BCUT2D eigenvalue weighted by Crippen LogP contribution is -2.21. The smallest absolute Gasteiger partial charge is 0.0484 e. The Morgan fingerprint density at radius 2 is 0.413 bits per heavy atom. The van der Waals surface area contributed by atoms with Crippen molar-refractivity contribution in [2.24, 2.45) is 5.41 Å². The Bertz CT molecular complexity index is 529. The molecule has 0 heterocycles. The van der Waals surface area contributed by atoms with Crippen LogP contribution in [-0.2, 0) is 0 Å². The first-order valence-corrected chi connectivity index (χ1v) is 22.3. The molecule has 0 fully saturated rings. The van der Waals surface area contributed by atoms with Crippen LogP contribution in [0.5, 0.6) is 0 Å². The van der Waals surface area contributed by atoms with Crippen LogP contribution in [0.25, 0.3) is 0 Å². The maximum Gasteiger partial charge on any atom is 0.0484 e. The number of unbranched alkanes of at least 4 members (excludes halogenated alkanes) is 36. The van der Waals surface area contributed by atoms with Crippen molar-refractivity contribution in [2.75, 3.05) is 6.61 Å². The molecule has 0 aromatic carbocycles. The van der Waals surface area contributed by atoms with E-state index >= 15 is 0 Å². The summed E-state index contributed by atoms with van der Waals surface area (Å²) >= 11 is 0. The van der Waals surface area contributed by atoms with E-state index in [4.69, 9.17) is 0 Å². The molecule has 0 aromatic heterocycles. The third-order valence-electron chi connectivity index (χ3n) is 11.1. The minimum atomic E-state index is 0.170. The van der Waals surface area contributed by atoms with Gasteiger partial charge in [0.15, 0.2) is 0 Å². The Hall–Kier alpha value is -0.0400. The molecule has 1 N–H and O–H groups in total. The Morgan fingerprint density at radius 3 is 0.565 bits per heavy atom. The first-order chi connectivity index (χ1) is 22.7. The molecule has 0 radical (unpaired) electrons. The monoisotopic (exact) mass is 649 g/mol. The van der Waals surface area contributed by atoms with Crippen LogP contribution in [0.3, 0.4) is 0 Å². The van der Waals surface area contributed by atoms with Crippen LogP contribution in [0.15, 0.2) is 0 Å². The summed E-state index contributed by atoms with van der Waals surface area (Å²) in [4.78, 5) is 0. The molecule has 0 aromatic rings. The van der Waals surface area contributed by atoms with E-state index in [0.29, 0.717) is 6.61 Å². The zero-order chi connectivity index (χ0) is 33.5. The van der Waals surface area contributed by atoms with Crippen molar-refractivity contribution in [3.8, 4) is 0 Å². The standard InChI is InChI=1S/C45H92O/c1-4-6-8-10-12-14-16-18-20-22-24-25-27-29-31-33-35-37-39-41-43-45(3,44-46)42-40-38-36-34-32-30-28-26-23-21-19-17-15-13-11-9-7-5-2/h46H,4-44H2,1-3H3/t45-/m0/s1. The van der Waals surface area contributed by atoms with Crippen molar-refractivity contribution in [3.05, 3.63) is 0 Å². The largest absolute Gasteiger partial charge is 0.396 e. The first-order valence-electron chi connectivity index (χ1n) is 22.3. The second-order valence-corrected chi connectivity index (χ2v) is 16.2. The van der Waals surface area contributed by atoms with Gasteiger partial charge in [-0.25, -0.2) is 0 Å². The normalized spacial score (nSPS) is 13.0. The van der Waals surface area contributed by atoms with Gasteiger partial charge < -0.3 is 5.11 Å². The van der Waals surface area contributed by atoms with Gasteiger partial charge in [-0.2, -0.15) is 0 Å². The predicted octanol–water partition coefficient (Wildman–Crippen LogP) is 16.6. The first kappa shape index (κ1) is 46.0. The molecule has 0 bridgehead atoms. The van der Waals surface area contributed by atoms with E-state index in [1.54, 1.807) is 0 Å². The molecule has 0 amide bonds. The van der Waals surface area contributed by atoms with E-state index in [9.17, 15) is 5.11 Å². The second kappa shape index (κ2) is 39.4. The minimum Gasteiger partial charge on any atom is -0.396 e. The Kier molecular flexibility index (Phi) is 39.4. The number of hydrogen-bond donors (Lipinski definition) is 1. The van der Waals surface area contributed by atoms with E-state index in [-0.39, 0.29) is 5.41 Å². The van der Waals surface area contributed by atoms with E-state index < -0.39 is 0 Å². The molecule has 0 aliphatic carbocycles. The van der Waals surface area contributed by atoms with Crippen molar-refractivity contribution in [1.29, 1.82) is 0 Å². The third-order valence-corrected chi connectivity index (χ3v) is 11.1. The molecule has 0 rings (SSSR count). The maximum absolute atomic E-state index is 10.1. The van der Waals surface area contributed by atoms with E-state index in [1.165, 1.54) is 257 Å². The second-order valence-electron chi connectivity index (χ2n) is 16.2.